The number of hydrogen-bond acceptors (Lipinski definition) is 5. The molecule has 3 aromatic rings. The number of esters is 1. The second kappa shape index (κ2) is 9.09. The highest BCUT2D eigenvalue weighted by atomic mass is 35.5. The van der Waals surface area contributed by atoms with Crippen molar-refractivity contribution in [2.45, 2.75) is 24.4 Å². The van der Waals surface area contributed by atoms with Crippen molar-refractivity contribution in [1.29, 1.82) is 0 Å². The maximum Gasteiger partial charge on any atom is 0.355 e. The number of nitrogens with zero attached hydrogens (tertiary/aromatic N) is 2. The fourth-order valence-corrected chi connectivity index (χ4v) is 5.53. The molecule has 0 bridgehead atoms. The van der Waals surface area contributed by atoms with Crippen molar-refractivity contribution >= 4 is 33.3 Å². The van der Waals surface area contributed by atoms with Crippen molar-refractivity contribution in [3.8, 4) is 0 Å². The van der Waals surface area contributed by atoms with E-state index in [1.807, 2.05) is 6.92 Å². The van der Waals surface area contributed by atoms with Crippen LogP contribution in [0, 0.1) is 6.92 Å². The summed E-state index contributed by atoms with van der Waals surface area (Å²) in [7, 11) is -4.13. The quantitative estimate of drug-likeness (QED) is 0.483. The maximum absolute atomic E-state index is 13.9. The predicted octanol–water partition coefficient (Wildman–Crippen LogP) is 4.56. The molecule has 0 fully saturated rings. The SMILES string of the molecule is CCOC(=O)C1(c2ccccc2)N=C(c2ccc(Cl)cc2)CN1S(=O)(=O)c1ccc(C)cc1. The number of rotatable bonds is 6. The minimum absolute atomic E-state index is 0.0743. The summed E-state index contributed by atoms with van der Waals surface area (Å²) in [6.07, 6.45) is 0. The second-order valence-electron chi connectivity index (χ2n) is 7.65. The average Bonchev–Trinajstić information content (AvgIpc) is 3.23. The van der Waals surface area contributed by atoms with Gasteiger partial charge in [-0.15, -0.1) is 0 Å². The molecular formula is C25H23ClN2O4S. The van der Waals surface area contributed by atoms with Gasteiger partial charge in [-0.25, -0.2) is 18.2 Å². The Labute approximate surface area is 198 Å². The van der Waals surface area contributed by atoms with Gasteiger partial charge in [0.2, 0.25) is 10.0 Å². The zero-order valence-electron chi connectivity index (χ0n) is 18.2. The van der Waals surface area contributed by atoms with Gasteiger partial charge in [0.25, 0.3) is 5.66 Å². The van der Waals surface area contributed by atoms with Crippen LogP contribution >= 0.6 is 11.6 Å². The molecule has 1 heterocycles. The zero-order valence-corrected chi connectivity index (χ0v) is 19.8. The molecule has 6 nitrogen and oxygen atoms in total. The summed E-state index contributed by atoms with van der Waals surface area (Å²) < 4.78 is 34.3. The number of sulfonamides is 1. The lowest BCUT2D eigenvalue weighted by Gasteiger charge is -2.33. The average molecular weight is 483 g/mol. The highest BCUT2D eigenvalue weighted by Crippen LogP contribution is 2.41. The van der Waals surface area contributed by atoms with Crippen LogP contribution in [0.2, 0.25) is 5.02 Å². The molecule has 1 aliphatic heterocycles. The molecular weight excluding hydrogens is 460 g/mol. The molecule has 0 amide bonds. The number of ether oxygens (including phenoxy) is 1. The second-order valence-corrected chi connectivity index (χ2v) is 9.95. The van der Waals surface area contributed by atoms with E-state index in [2.05, 4.69) is 0 Å². The van der Waals surface area contributed by atoms with E-state index in [9.17, 15) is 13.2 Å². The first kappa shape index (κ1) is 23.2. The van der Waals surface area contributed by atoms with E-state index in [4.69, 9.17) is 21.3 Å². The Morgan fingerprint density at radius 2 is 1.67 bits per heavy atom. The fraction of sp³-hybridized carbons (Fsp3) is 0.200. The van der Waals surface area contributed by atoms with E-state index in [0.717, 1.165) is 9.87 Å². The molecule has 4 rings (SSSR count). The van der Waals surface area contributed by atoms with Crippen LogP contribution in [-0.4, -0.2) is 37.6 Å². The maximum atomic E-state index is 13.9. The van der Waals surface area contributed by atoms with Crippen molar-refractivity contribution in [3.05, 3.63) is 101 Å². The molecule has 0 aromatic heterocycles. The third-order valence-corrected chi connectivity index (χ3v) is 7.57. The molecule has 0 radical (unpaired) electrons. The Bertz CT molecular complexity index is 1290. The molecule has 1 atom stereocenters. The predicted molar refractivity (Wildman–Crippen MR) is 128 cm³/mol. The molecule has 33 heavy (non-hydrogen) atoms. The Hall–Kier alpha value is -3.00. The molecule has 0 N–H and O–H groups in total. The van der Waals surface area contributed by atoms with Crippen molar-refractivity contribution in [2.24, 2.45) is 4.99 Å². The molecule has 1 unspecified atom stereocenters. The number of halogens is 1. The van der Waals surface area contributed by atoms with E-state index < -0.39 is 21.7 Å². The van der Waals surface area contributed by atoms with E-state index in [1.165, 1.54) is 12.1 Å². The van der Waals surface area contributed by atoms with Crippen LogP contribution in [0.5, 0.6) is 0 Å². The zero-order chi connectivity index (χ0) is 23.6. The summed E-state index contributed by atoms with van der Waals surface area (Å²) in [5, 5.41) is 0.543. The van der Waals surface area contributed by atoms with Crippen LogP contribution in [0.3, 0.4) is 0 Å². The largest absolute Gasteiger partial charge is 0.463 e. The van der Waals surface area contributed by atoms with Gasteiger partial charge in [-0.1, -0.05) is 71.8 Å². The Kier molecular flexibility index (Phi) is 6.38. The molecule has 8 heteroatoms. The minimum atomic E-state index is -4.13. The third kappa shape index (κ3) is 4.19. The van der Waals surface area contributed by atoms with Crippen LogP contribution in [0.4, 0.5) is 0 Å². The first-order valence-corrected chi connectivity index (χ1v) is 12.3. The van der Waals surface area contributed by atoms with Crippen LogP contribution in [0.15, 0.2) is 88.8 Å². The molecule has 170 valence electrons. The normalized spacial score (nSPS) is 18.7. The summed E-state index contributed by atoms with van der Waals surface area (Å²) in [5.41, 5.74) is 0.553. The van der Waals surface area contributed by atoms with E-state index in [1.54, 1.807) is 73.7 Å². The van der Waals surface area contributed by atoms with Gasteiger partial charge in [-0.05, 0) is 43.7 Å². The summed E-state index contributed by atoms with van der Waals surface area (Å²) in [5.74, 6) is -0.754. The van der Waals surface area contributed by atoms with Gasteiger partial charge < -0.3 is 4.74 Å². The van der Waals surface area contributed by atoms with Gasteiger partial charge in [0.05, 0.1) is 23.8 Å². The molecule has 0 aliphatic carbocycles. The van der Waals surface area contributed by atoms with E-state index in [0.29, 0.717) is 21.9 Å². The molecule has 0 saturated heterocycles. The standard InChI is InChI=1S/C25H23ClN2O4S/c1-3-32-24(29)25(20-7-5-4-6-8-20)27-23(19-11-13-21(26)14-12-19)17-28(25)33(30,31)22-15-9-18(2)10-16-22/h4-16H,3,17H2,1-2H3. The topological polar surface area (TPSA) is 76.0 Å². The van der Waals surface area contributed by atoms with Gasteiger partial charge in [-0.2, -0.15) is 4.31 Å². The third-order valence-electron chi connectivity index (χ3n) is 5.47. The van der Waals surface area contributed by atoms with Gasteiger partial charge >= 0.3 is 5.97 Å². The van der Waals surface area contributed by atoms with Crippen LogP contribution < -0.4 is 0 Å². The lowest BCUT2D eigenvalue weighted by molar-refractivity contribution is -0.154. The van der Waals surface area contributed by atoms with Gasteiger partial charge in [0.15, 0.2) is 0 Å². The highest BCUT2D eigenvalue weighted by Gasteiger charge is 2.56. The smallest absolute Gasteiger partial charge is 0.355 e. The summed E-state index contributed by atoms with van der Waals surface area (Å²) >= 11 is 6.04. The first-order chi connectivity index (χ1) is 15.8. The number of aliphatic imine (C=N–C) groups is 1. The first-order valence-electron chi connectivity index (χ1n) is 10.5. The van der Waals surface area contributed by atoms with Crippen LogP contribution in [0.1, 0.15) is 23.6 Å². The van der Waals surface area contributed by atoms with Crippen molar-refractivity contribution in [2.75, 3.05) is 13.2 Å². The van der Waals surface area contributed by atoms with Crippen LogP contribution in [-0.2, 0) is 25.2 Å². The van der Waals surface area contributed by atoms with Crippen molar-refractivity contribution < 1.29 is 17.9 Å². The number of aryl methyl sites for hydroxylation is 1. The highest BCUT2D eigenvalue weighted by molar-refractivity contribution is 7.89. The molecule has 3 aromatic carbocycles. The number of hydrogen-bond donors (Lipinski definition) is 0. The lowest BCUT2D eigenvalue weighted by atomic mass is 10.0. The molecule has 0 spiro atoms. The minimum Gasteiger partial charge on any atom is -0.463 e. The van der Waals surface area contributed by atoms with Gasteiger partial charge in [0.1, 0.15) is 0 Å². The van der Waals surface area contributed by atoms with Crippen molar-refractivity contribution in [1.82, 2.24) is 4.31 Å². The Balaban J connectivity index is 1.96. The van der Waals surface area contributed by atoms with Gasteiger partial charge in [-0.3, -0.25) is 0 Å². The molecule has 0 saturated carbocycles. The lowest BCUT2D eigenvalue weighted by Crippen LogP contribution is -2.51. The molecule has 1 aliphatic rings. The monoisotopic (exact) mass is 482 g/mol. The number of carbonyl (C=O) groups excluding carboxylic acids is 1. The summed E-state index contributed by atoms with van der Waals surface area (Å²) in [6.45, 7) is 3.53. The summed E-state index contributed by atoms with van der Waals surface area (Å²) in [6, 6.07) is 22.1. The van der Waals surface area contributed by atoms with E-state index in [-0.39, 0.29) is 18.0 Å². The van der Waals surface area contributed by atoms with Crippen LogP contribution in [0.25, 0.3) is 0 Å². The van der Waals surface area contributed by atoms with Crippen molar-refractivity contribution in [3.63, 3.8) is 0 Å². The number of carbonyl (C=O) groups is 1. The number of benzene rings is 3. The van der Waals surface area contributed by atoms with E-state index >= 15 is 0 Å². The summed E-state index contributed by atoms with van der Waals surface area (Å²) in [4.78, 5) is 18.3. The fourth-order valence-electron chi connectivity index (χ4n) is 3.81. The van der Waals surface area contributed by atoms with Gasteiger partial charge in [0, 0.05) is 10.6 Å². The Morgan fingerprint density at radius 1 is 1.03 bits per heavy atom. The Morgan fingerprint density at radius 3 is 2.27 bits per heavy atom.